The Kier molecular flexibility index (Phi) is 6.45. The molecule has 45 heavy (non-hydrogen) atoms. The Balaban J connectivity index is 1.17. The third kappa shape index (κ3) is 4.74. The zero-order valence-electron chi connectivity index (χ0n) is 25.2. The number of nitrogens with zero attached hydrogens (tertiary/aromatic N) is 3. The highest BCUT2D eigenvalue weighted by molar-refractivity contribution is 6.09. The lowest BCUT2D eigenvalue weighted by Gasteiger charge is -2.14. The molecule has 1 N–H and O–H groups in total. The van der Waals surface area contributed by atoms with E-state index in [2.05, 4.69) is 91.6 Å². The largest absolute Gasteiger partial charge is 0.507 e. The molecule has 0 aliphatic carbocycles. The molecule has 5 heteroatoms. The molecule has 8 aromatic rings. The highest BCUT2D eigenvalue weighted by atomic mass is 16.3. The topological polar surface area (TPSA) is 64.1 Å². The molecule has 218 valence electrons. The van der Waals surface area contributed by atoms with Crippen molar-refractivity contribution in [2.75, 3.05) is 0 Å². The van der Waals surface area contributed by atoms with Gasteiger partial charge in [-0.05, 0) is 85.2 Å². The van der Waals surface area contributed by atoms with Gasteiger partial charge in [0.1, 0.15) is 22.7 Å². The molecule has 0 saturated heterocycles. The van der Waals surface area contributed by atoms with E-state index in [-0.39, 0.29) is 5.75 Å². The summed E-state index contributed by atoms with van der Waals surface area (Å²) in [6.07, 6.45) is 5.01. The minimum absolute atomic E-state index is 0.252. The number of imidazole rings is 1. The van der Waals surface area contributed by atoms with Crippen LogP contribution in [0.15, 0.2) is 126 Å². The molecular formula is C40H31N3O2. The zero-order valence-corrected chi connectivity index (χ0v) is 25.2. The number of aromatic hydroxyl groups is 1. The number of furan rings is 1. The lowest BCUT2D eigenvalue weighted by atomic mass is 9.98. The van der Waals surface area contributed by atoms with Crippen LogP contribution in [0.5, 0.6) is 5.75 Å². The van der Waals surface area contributed by atoms with Gasteiger partial charge in [-0.25, -0.2) is 4.98 Å². The molecule has 5 nitrogen and oxygen atoms in total. The number of hydrogen-bond donors (Lipinski definition) is 1. The van der Waals surface area contributed by atoms with Crippen molar-refractivity contribution < 1.29 is 9.52 Å². The first-order valence-corrected chi connectivity index (χ1v) is 15.3. The molecular weight excluding hydrogens is 554 g/mol. The maximum absolute atomic E-state index is 11.6. The van der Waals surface area contributed by atoms with Crippen LogP contribution < -0.4 is 0 Å². The number of phenols is 1. The molecule has 0 aliphatic heterocycles. The van der Waals surface area contributed by atoms with Gasteiger partial charge in [0.05, 0.1) is 11.3 Å². The number of aromatic nitrogens is 3. The van der Waals surface area contributed by atoms with E-state index in [1.54, 1.807) is 6.20 Å². The van der Waals surface area contributed by atoms with Gasteiger partial charge in [-0.1, -0.05) is 72.8 Å². The van der Waals surface area contributed by atoms with Gasteiger partial charge in [0.25, 0.3) is 0 Å². The summed E-state index contributed by atoms with van der Waals surface area (Å²) in [6.45, 7) is 4.18. The van der Waals surface area contributed by atoms with E-state index in [1.807, 2.05) is 47.2 Å². The van der Waals surface area contributed by atoms with Crippen LogP contribution >= 0.6 is 0 Å². The van der Waals surface area contributed by atoms with E-state index in [9.17, 15) is 5.11 Å². The lowest BCUT2D eigenvalue weighted by Crippen LogP contribution is -2.01. The van der Waals surface area contributed by atoms with Crippen LogP contribution in [0.1, 0.15) is 22.4 Å². The summed E-state index contributed by atoms with van der Waals surface area (Å²) in [5.74, 6) is 0.964. The van der Waals surface area contributed by atoms with E-state index >= 15 is 0 Å². The molecule has 0 unspecified atom stereocenters. The Labute approximate surface area is 261 Å². The predicted octanol–water partition coefficient (Wildman–Crippen LogP) is 9.76. The number of pyridine rings is 1. The molecule has 0 atom stereocenters. The quantitative estimate of drug-likeness (QED) is 0.211. The average Bonchev–Trinajstić information content (AvgIpc) is 3.69. The monoisotopic (exact) mass is 585 g/mol. The molecule has 0 amide bonds. The van der Waals surface area contributed by atoms with Crippen LogP contribution in [0.3, 0.4) is 0 Å². The van der Waals surface area contributed by atoms with Crippen molar-refractivity contribution in [3.8, 4) is 34.1 Å². The second kappa shape index (κ2) is 10.8. The van der Waals surface area contributed by atoms with Crippen LogP contribution in [0.25, 0.3) is 61.0 Å². The second-order valence-corrected chi connectivity index (χ2v) is 11.7. The smallest absolute Gasteiger partial charge is 0.148 e. The summed E-state index contributed by atoms with van der Waals surface area (Å²) >= 11 is 0. The molecule has 0 spiro atoms. The fourth-order valence-electron chi connectivity index (χ4n) is 6.58. The SMILES string of the molecule is Cc1cc(C)cc(-n2ccnc2-c2cccc(CCc3nc(-c4cccc5c4oc4ccccc45)cc4ccccc34)c2O)c1. The first-order chi connectivity index (χ1) is 22.0. The van der Waals surface area contributed by atoms with Gasteiger partial charge >= 0.3 is 0 Å². The maximum atomic E-state index is 11.6. The summed E-state index contributed by atoms with van der Waals surface area (Å²) in [6, 6.07) is 37.3. The van der Waals surface area contributed by atoms with Crippen molar-refractivity contribution in [3.05, 3.63) is 144 Å². The number of rotatable bonds is 6. The predicted molar refractivity (Wildman–Crippen MR) is 182 cm³/mol. The summed E-state index contributed by atoms with van der Waals surface area (Å²) in [4.78, 5) is 9.87. The van der Waals surface area contributed by atoms with Crippen molar-refractivity contribution in [3.63, 3.8) is 0 Å². The Hall–Kier alpha value is -5.68. The van der Waals surface area contributed by atoms with Crippen molar-refractivity contribution in [1.82, 2.24) is 14.5 Å². The maximum Gasteiger partial charge on any atom is 0.148 e. The van der Waals surface area contributed by atoms with Gasteiger partial charge < -0.3 is 9.52 Å². The fourth-order valence-corrected chi connectivity index (χ4v) is 6.58. The molecule has 3 heterocycles. The highest BCUT2D eigenvalue weighted by Crippen LogP contribution is 2.37. The highest BCUT2D eigenvalue weighted by Gasteiger charge is 2.18. The molecule has 0 saturated carbocycles. The van der Waals surface area contributed by atoms with Crippen molar-refractivity contribution in [2.24, 2.45) is 0 Å². The van der Waals surface area contributed by atoms with Gasteiger partial charge in [0, 0.05) is 45.5 Å². The Morgan fingerprint density at radius 1 is 0.711 bits per heavy atom. The van der Waals surface area contributed by atoms with Gasteiger partial charge in [0.15, 0.2) is 0 Å². The van der Waals surface area contributed by atoms with E-state index in [0.717, 1.165) is 60.9 Å². The van der Waals surface area contributed by atoms with Gasteiger partial charge in [-0.15, -0.1) is 0 Å². The number of aryl methyl sites for hydroxylation is 4. The first-order valence-electron chi connectivity index (χ1n) is 15.3. The number of phenolic OH excluding ortho intramolecular Hbond substituents is 1. The standard InChI is InChI=1S/C40H31N3O2/c1-25-21-26(2)23-29(22-25)43-20-19-41-40(43)34-15-7-10-27(38(34)44)17-18-35-30-11-4-3-9-28(30)24-36(42-35)33-14-8-13-32-31-12-5-6-16-37(31)45-39(32)33/h3-16,19-24,44H,17-18H2,1-2H3. The van der Waals surface area contributed by atoms with Gasteiger partial charge in [-0.2, -0.15) is 0 Å². The zero-order chi connectivity index (χ0) is 30.5. The van der Waals surface area contributed by atoms with Crippen LogP contribution in [0.2, 0.25) is 0 Å². The van der Waals surface area contributed by atoms with Gasteiger partial charge in [0.2, 0.25) is 0 Å². The van der Waals surface area contributed by atoms with E-state index in [0.29, 0.717) is 24.2 Å². The van der Waals surface area contributed by atoms with Crippen LogP contribution in [-0.4, -0.2) is 19.6 Å². The Morgan fingerprint density at radius 3 is 2.31 bits per heavy atom. The summed E-state index contributed by atoms with van der Waals surface area (Å²) in [7, 11) is 0. The second-order valence-electron chi connectivity index (χ2n) is 11.7. The van der Waals surface area contributed by atoms with E-state index < -0.39 is 0 Å². The molecule has 0 aliphatic rings. The average molecular weight is 586 g/mol. The third-order valence-corrected chi connectivity index (χ3v) is 8.62. The fraction of sp³-hybridized carbons (Fsp3) is 0.100. The van der Waals surface area contributed by atoms with Crippen LogP contribution in [0.4, 0.5) is 0 Å². The molecule has 3 aromatic heterocycles. The van der Waals surface area contributed by atoms with Crippen LogP contribution in [-0.2, 0) is 12.8 Å². The van der Waals surface area contributed by atoms with Gasteiger partial charge in [-0.3, -0.25) is 9.55 Å². The first kappa shape index (κ1) is 26.9. The van der Waals surface area contributed by atoms with E-state index in [4.69, 9.17) is 9.40 Å². The van der Waals surface area contributed by atoms with Crippen LogP contribution in [0, 0.1) is 13.8 Å². The Morgan fingerprint density at radius 2 is 1.44 bits per heavy atom. The molecule has 5 aromatic carbocycles. The normalized spacial score (nSPS) is 11.6. The number of fused-ring (bicyclic) bond motifs is 4. The van der Waals surface area contributed by atoms with Crippen molar-refractivity contribution >= 4 is 32.7 Å². The molecule has 0 radical (unpaired) electrons. The van der Waals surface area contributed by atoms with Crippen molar-refractivity contribution in [2.45, 2.75) is 26.7 Å². The molecule has 0 fully saturated rings. The summed E-state index contributed by atoms with van der Waals surface area (Å²) in [5.41, 5.74) is 9.50. The Bertz CT molecular complexity index is 2360. The minimum atomic E-state index is 0.252. The molecule has 8 rings (SSSR count). The number of para-hydroxylation sites is 3. The number of hydrogen-bond acceptors (Lipinski definition) is 4. The summed E-state index contributed by atoms with van der Waals surface area (Å²) < 4.78 is 8.39. The summed E-state index contributed by atoms with van der Waals surface area (Å²) in [5, 5.41) is 16.0. The number of benzene rings is 5. The third-order valence-electron chi connectivity index (χ3n) is 8.62. The van der Waals surface area contributed by atoms with E-state index in [1.165, 1.54) is 11.1 Å². The minimum Gasteiger partial charge on any atom is -0.507 e. The lowest BCUT2D eigenvalue weighted by molar-refractivity contribution is 0.469. The molecule has 0 bridgehead atoms. The van der Waals surface area contributed by atoms with Crippen molar-refractivity contribution in [1.29, 1.82) is 0 Å².